The zero-order chi connectivity index (χ0) is 23.0. The Balaban J connectivity index is 1.09. The van der Waals surface area contributed by atoms with E-state index >= 15 is 0 Å². The Labute approximate surface area is 195 Å². The van der Waals surface area contributed by atoms with Crippen LogP contribution in [0, 0.1) is 23.2 Å². The molecule has 6 rings (SSSR count). The van der Waals surface area contributed by atoms with E-state index in [0.29, 0.717) is 43.8 Å². The Bertz CT molecular complexity index is 908. The average molecular weight is 454 g/mol. The predicted molar refractivity (Wildman–Crippen MR) is 126 cm³/mol. The fraction of sp³-hybridized carbons (Fsp3) is 0.654. The van der Waals surface area contributed by atoms with Crippen molar-refractivity contribution in [2.75, 3.05) is 30.4 Å². The van der Waals surface area contributed by atoms with E-state index in [9.17, 15) is 14.4 Å². The van der Waals surface area contributed by atoms with Crippen LogP contribution in [0.25, 0.3) is 0 Å². The first-order valence-corrected chi connectivity index (χ1v) is 12.5. The molecule has 4 bridgehead atoms. The third kappa shape index (κ3) is 4.46. The molecule has 0 atom stereocenters. The standard InChI is InChI=1S/C26H35N3O4/c1-33-22-13-20(6-7-21(22)29-9-3-5-24(29)31)28-23(30)4-2-8-27-25(32)26-14-17-10-18(15-26)12-19(11-17)16-26/h6-7,13,17-19H,2-5,8-12,14-16H2,1H3,(H,27,32)(H,28,30). The van der Waals surface area contributed by atoms with Crippen LogP contribution < -0.4 is 20.3 Å². The monoisotopic (exact) mass is 453 g/mol. The van der Waals surface area contributed by atoms with Gasteiger partial charge in [-0.25, -0.2) is 0 Å². The van der Waals surface area contributed by atoms with Crippen molar-refractivity contribution in [2.45, 2.75) is 64.2 Å². The lowest BCUT2D eigenvalue weighted by Gasteiger charge is -2.55. The zero-order valence-corrected chi connectivity index (χ0v) is 19.5. The molecule has 0 radical (unpaired) electrons. The Kier molecular flexibility index (Phi) is 6.06. The van der Waals surface area contributed by atoms with Gasteiger partial charge >= 0.3 is 0 Å². The van der Waals surface area contributed by atoms with Crippen LogP contribution >= 0.6 is 0 Å². The van der Waals surface area contributed by atoms with Crippen molar-refractivity contribution in [2.24, 2.45) is 23.2 Å². The lowest BCUT2D eigenvalue weighted by Crippen LogP contribution is -2.53. The molecule has 1 aromatic carbocycles. The molecule has 1 aliphatic heterocycles. The highest BCUT2D eigenvalue weighted by molar-refractivity contribution is 5.98. The van der Waals surface area contributed by atoms with Crippen LogP contribution in [0.1, 0.15) is 64.2 Å². The molecule has 1 saturated heterocycles. The van der Waals surface area contributed by atoms with Gasteiger partial charge in [0.25, 0.3) is 0 Å². The number of hydrogen-bond donors (Lipinski definition) is 2. The number of rotatable bonds is 8. The molecule has 2 N–H and O–H groups in total. The van der Waals surface area contributed by atoms with Crippen molar-refractivity contribution >= 4 is 29.1 Å². The summed E-state index contributed by atoms with van der Waals surface area (Å²) in [6.07, 6.45) is 9.52. The molecule has 5 fully saturated rings. The molecule has 1 aromatic rings. The summed E-state index contributed by atoms with van der Waals surface area (Å²) in [5.74, 6) is 3.05. The van der Waals surface area contributed by atoms with Gasteiger partial charge in [-0.1, -0.05) is 0 Å². The second kappa shape index (κ2) is 8.99. The third-order valence-corrected chi connectivity index (χ3v) is 8.21. The van der Waals surface area contributed by atoms with Crippen LogP contribution in [0.15, 0.2) is 18.2 Å². The molecule has 1 heterocycles. The van der Waals surface area contributed by atoms with Crippen molar-refractivity contribution in [3.05, 3.63) is 18.2 Å². The van der Waals surface area contributed by atoms with E-state index in [-0.39, 0.29) is 23.1 Å². The molecular formula is C26H35N3O4. The maximum absolute atomic E-state index is 13.0. The highest BCUT2D eigenvalue weighted by atomic mass is 16.5. The van der Waals surface area contributed by atoms with Gasteiger partial charge in [-0.05, 0) is 81.3 Å². The first-order valence-electron chi connectivity index (χ1n) is 12.5. The summed E-state index contributed by atoms with van der Waals surface area (Å²) in [6, 6.07) is 5.38. The number of nitrogens with one attached hydrogen (secondary N) is 2. The normalized spacial score (nSPS) is 29.9. The molecule has 0 spiro atoms. The summed E-state index contributed by atoms with van der Waals surface area (Å²) in [6.45, 7) is 1.23. The van der Waals surface area contributed by atoms with Gasteiger partial charge in [0.05, 0.1) is 12.8 Å². The molecule has 5 aliphatic rings. The molecule has 178 valence electrons. The maximum atomic E-state index is 13.0. The molecule has 0 aromatic heterocycles. The highest BCUT2D eigenvalue weighted by Gasteiger charge is 2.54. The van der Waals surface area contributed by atoms with Gasteiger partial charge in [-0.15, -0.1) is 0 Å². The lowest BCUT2D eigenvalue weighted by atomic mass is 9.49. The third-order valence-electron chi connectivity index (χ3n) is 8.21. The fourth-order valence-corrected chi connectivity index (χ4v) is 7.13. The number of benzene rings is 1. The van der Waals surface area contributed by atoms with Crippen molar-refractivity contribution < 1.29 is 19.1 Å². The van der Waals surface area contributed by atoms with Crippen molar-refractivity contribution in [1.82, 2.24) is 5.32 Å². The minimum Gasteiger partial charge on any atom is -0.494 e. The Morgan fingerprint density at radius 1 is 1.12 bits per heavy atom. The van der Waals surface area contributed by atoms with Crippen LogP contribution in [0.3, 0.4) is 0 Å². The van der Waals surface area contributed by atoms with Gasteiger partial charge in [0, 0.05) is 43.1 Å². The minimum atomic E-state index is -0.133. The summed E-state index contributed by atoms with van der Waals surface area (Å²) in [5.41, 5.74) is 1.25. The van der Waals surface area contributed by atoms with Crippen molar-refractivity contribution in [3.63, 3.8) is 0 Å². The second-order valence-corrected chi connectivity index (χ2v) is 10.6. The summed E-state index contributed by atoms with van der Waals surface area (Å²) in [4.78, 5) is 39.2. The Morgan fingerprint density at radius 3 is 2.42 bits per heavy atom. The van der Waals surface area contributed by atoms with Crippen LogP contribution in [0.5, 0.6) is 5.75 Å². The van der Waals surface area contributed by atoms with E-state index in [1.807, 2.05) is 6.07 Å². The van der Waals surface area contributed by atoms with E-state index in [1.165, 1.54) is 19.3 Å². The van der Waals surface area contributed by atoms with Crippen molar-refractivity contribution in [3.8, 4) is 5.75 Å². The number of amides is 3. The number of carbonyl (C=O) groups is 3. The number of hydrogen-bond acceptors (Lipinski definition) is 4. The first kappa shape index (κ1) is 22.2. The minimum absolute atomic E-state index is 0.0916. The number of ether oxygens (including phenoxy) is 1. The van der Waals surface area contributed by atoms with Crippen LogP contribution in [-0.2, 0) is 14.4 Å². The Hall–Kier alpha value is -2.57. The smallest absolute Gasteiger partial charge is 0.227 e. The molecule has 33 heavy (non-hydrogen) atoms. The summed E-state index contributed by atoms with van der Waals surface area (Å²) >= 11 is 0. The largest absolute Gasteiger partial charge is 0.494 e. The van der Waals surface area contributed by atoms with Crippen LogP contribution in [-0.4, -0.2) is 37.9 Å². The average Bonchev–Trinajstić information content (AvgIpc) is 3.21. The molecule has 7 heteroatoms. The quantitative estimate of drug-likeness (QED) is 0.585. The van der Waals surface area contributed by atoms with E-state index in [0.717, 1.165) is 49.1 Å². The second-order valence-electron chi connectivity index (χ2n) is 10.6. The summed E-state index contributed by atoms with van der Waals surface area (Å²) < 4.78 is 5.46. The van der Waals surface area contributed by atoms with E-state index in [1.54, 1.807) is 24.1 Å². The number of anilines is 2. The highest BCUT2D eigenvalue weighted by Crippen LogP contribution is 2.60. The number of nitrogens with zero attached hydrogens (tertiary/aromatic N) is 1. The van der Waals surface area contributed by atoms with Gasteiger partial charge in [0.15, 0.2) is 0 Å². The maximum Gasteiger partial charge on any atom is 0.227 e. The number of carbonyl (C=O) groups excluding carboxylic acids is 3. The summed E-state index contributed by atoms with van der Waals surface area (Å²) in [7, 11) is 1.57. The topological polar surface area (TPSA) is 87.7 Å². The van der Waals surface area contributed by atoms with E-state index < -0.39 is 0 Å². The molecule has 0 unspecified atom stereocenters. The molecule has 3 amide bonds. The SMILES string of the molecule is COc1cc(NC(=O)CCCNC(=O)C23CC4CC(CC(C4)C2)C3)ccc1N1CCCC1=O. The predicted octanol–water partition coefficient (Wildman–Crippen LogP) is 3.87. The van der Waals surface area contributed by atoms with E-state index in [2.05, 4.69) is 10.6 Å². The van der Waals surface area contributed by atoms with Gasteiger partial charge < -0.3 is 20.3 Å². The molecular weight excluding hydrogens is 418 g/mol. The molecule has 4 aliphatic carbocycles. The van der Waals surface area contributed by atoms with E-state index in [4.69, 9.17) is 4.74 Å². The van der Waals surface area contributed by atoms with Crippen LogP contribution in [0.2, 0.25) is 0 Å². The molecule has 7 nitrogen and oxygen atoms in total. The van der Waals surface area contributed by atoms with Gasteiger partial charge in [-0.3, -0.25) is 14.4 Å². The summed E-state index contributed by atoms with van der Waals surface area (Å²) in [5, 5.41) is 6.05. The van der Waals surface area contributed by atoms with Gasteiger partial charge in [0.2, 0.25) is 17.7 Å². The van der Waals surface area contributed by atoms with Gasteiger partial charge in [0.1, 0.15) is 5.75 Å². The Morgan fingerprint density at radius 2 is 1.82 bits per heavy atom. The zero-order valence-electron chi connectivity index (χ0n) is 19.5. The fourth-order valence-electron chi connectivity index (χ4n) is 7.13. The lowest BCUT2D eigenvalue weighted by molar-refractivity contribution is -0.146. The molecule has 4 saturated carbocycles. The van der Waals surface area contributed by atoms with Crippen molar-refractivity contribution in [1.29, 1.82) is 0 Å². The first-order chi connectivity index (χ1) is 16.0. The number of methoxy groups -OCH3 is 1. The van der Waals surface area contributed by atoms with Gasteiger partial charge in [-0.2, -0.15) is 0 Å². The van der Waals surface area contributed by atoms with Crippen LogP contribution in [0.4, 0.5) is 11.4 Å².